The Bertz CT molecular complexity index is 590. The van der Waals surface area contributed by atoms with Gasteiger partial charge in [0.15, 0.2) is 6.61 Å². The Labute approximate surface area is 137 Å². The van der Waals surface area contributed by atoms with Crippen molar-refractivity contribution in [2.45, 2.75) is 44.4 Å². The number of para-hydroxylation sites is 1. The summed E-state index contributed by atoms with van der Waals surface area (Å²) >= 11 is 0. The molecule has 1 fully saturated rings. The first kappa shape index (κ1) is 18.1. The van der Waals surface area contributed by atoms with E-state index in [1.165, 1.54) is 6.07 Å². The SMILES string of the molecule is O=C1CCCCC(C(=O)NCc2ccccc2OCC(F)(F)F)N1. The van der Waals surface area contributed by atoms with E-state index in [4.69, 9.17) is 4.74 Å². The van der Waals surface area contributed by atoms with E-state index in [0.717, 1.165) is 12.8 Å². The van der Waals surface area contributed by atoms with E-state index in [-0.39, 0.29) is 24.1 Å². The van der Waals surface area contributed by atoms with E-state index in [2.05, 4.69) is 10.6 Å². The molecule has 5 nitrogen and oxygen atoms in total. The summed E-state index contributed by atoms with van der Waals surface area (Å²) in [6.45, 7) is -1.37. The molecule has 0 aromatic heterocycles. The number of hydrogen-bond acceptors (Lipinski definition) is 3. The summed E-state index contributed by atoms with van der Waals surface area (Å²) in [6, 6.07) is 5.60. The number of rotatable bonds is 5. The Balaban J connectivity index is 1.93. The number of carbonyl (C=O) groups excluding carboxylic acids is 2. The molecule has 0 saturated carbocycles. The first-order valence-corrected chi connectivity index (χ1v) is 7.70. The fraction of sp³-hybridized carbons (Fsp3) is 0.500. The van der Waals surface area contributed by atoms with Gasteiger partial charge >= 0.3 is 6.18 Å². The van der Waals surface area contributed by atoms with Crippen molar-refractivity contribution in [1.82, 2.24) is 10.6 Å². The van der Waals surface area contributed by atoms with Crippen LogP contribution < -0.4 is 15.4 Å². The molecule has 1 aromatic carbocycles. The van der Waals surface area contributed by atoms with Gasteiger partial charge in [-0.3, -0.25) is 9.59 Å². The van der Waals surface area contributed by atoms with Crippen LogP contribution in [-0.4, -0.2) is 30.6 Å². The van der Waals surface area contributed by atoms with Gasteiger partial charge in [0.25, 0.3) is 0 Å². The number of amides is 2. The zero-order valence-electron chi connectivity index (χ0n) is 13.0. The molecule has 1 aliphatic rings. The van der Waals surface area contributed by atoms with Gasteiger partial charge in [-0.25, -0.2) is 0 Å². The monoisotopic (exact) mass is 344 g/mol. The van der Waals surface area contributed by atoms with Gasteiger partial charge in [0.2, 0.25) is 11.8 Å². The zero-order valence-corrected chi connectivity index (χ0v) is 13.0. The maximum absolute atomic E-state index is 12.3. The van der Waals surface area contributed by atoms with E-state index in [0.29, 0.717) is 18.4 Å². The number of halogens is 3. The summed E-state index contributed by atoms with van der Waals surface area (Å²) in [5.41, 5.74) is 0.440. The smallest absolute Gasteiger partial charge is 0.422 e. The lowest BCUT2D eigenvalue weighted by Gasteiger charge is -2.17. The molecule has 24 heavy (non-hydrogen) atoms. The molecule has 0 bridgehead atoms. The molecule has 1 saturated heterocycles. The first-order chi connectivity index (χ1) is 11.3. The minimum Gasteiger partial charge on any atom is -0.484 e. The molecule has 132 valence electrons. The lowest BCUT2D eigenvalue weighted by atomic mass is 10.1. The Hall–Kier alpha value is -2.25. The minimum atomic E-state index is -4.43. The van der Waals surface area contributed by atoms with Crippen molar-refractivity contribution in [2.75, 3.05) is 6.61 Å². The second-order valence-corrected chi connectivity index (χ2v) is 5.60. The fourth-order valence-corrected chi connectivity index (χ4v) is 2.43. The second kappa shape index (κ2) is 8.03. The summed E-state index contributed by atoms with van der Waals surface area (Å²) < 4.78 is 41.6. The summed E-state index contributed by atoms with van der Waals surface area (Å²) in [6.07, 6.45) is -1.98. The largest absolute Gasteiger partial charge is 0.484 e. The molecule has 2 amide bonds. The average molecular weight is 344 g/mol. The van der Waals surface area contributed by atoms with Crippen molar-refractivity contribution < 1.29 is 27.5 Å². The number of benzene rings is 1. The normalized spacial score (nSPS) is 18.5. The number of ether oxygens (including phenoxy) is 1. The molecular weight excluding hydrogens is 325 g/mol. The molecular formula is C16H19F3N2O3. The highest BCUT2D eigenvalue weighted by molar-refractivity contribution is 5.87. The molecule has 2 N–H and O–H groups in total. The Morgan fingerprint density at radius 2 is 2.04 bits per heavy atom. The van der Waals surface area contributed by atoms with Gasteiger partial charge in [0, 0.05) is 18.5 Å². The third-order valence-corrected chi connectivity index (χ3v) is 3.62. The summed E-state index contributed by atoms with van der Waals surface area (Å²) in [4.78, 5) is 23.6. The van der Waals surface area contributed by atoms with E-state index in [1.54, 1.807) is 18.2 Å². The van der Waals surface area contributed by atoms with Gasteiger partial charge in [-0.1, -0.05) is 24.6 Å². The molecule has 0 aliphatic carbocycles. The average Bonchev–Trinajstić information content (AvgIpc) is 2.75. The van der Waals surface area contributed by atoms with Crippen LogP contribution in [0.1, 0.15) is 31.2 Å². The van der Waals surface area contributed by atoms with Crippen LogP contribution in [0.4, 0.5) is 13.2 Å². The van der Waals surface area contributed by atoms with Crippen LogP contribution in [0.2, 0.25) is 0 Å². The zero-order chi connectivity index (χ0) is 17.6. The van der Waals surface area contributed by atoms with Crippen LogP contribution in [0.5, 0.6) is 5.75 Å². The van der Waals surface area contributed by atoms with E-state index in [1.807, 2.05) is 0 Å². The van der Waals surface area contributed by atoms with Gasteiger partial charge in [0.1, 0.15) is 11.8 Å². The molecule has 0 spiro atoms. The van der Waals surface area contributed by atoms with E-state index < -0.39 is 18.8 Å². The second-order valence-electron chi connectivity index (χ2n) is 5.60. The molecule has 0 radical (unpaired) electrons. The third kappa shape index (κ3) is 5.75. The quantitative estimate of drug-likeness (QED) is 0.861. The fourth-order valence-electron chi connectivity index (χ4n) is 2.43. The van der Waals surface area contributed by atoms with Crippen molar-refractivity contribution in [1.29, 1.82) is 0 Å². The number of carbonyl (C=O) groups is 2. The number of nitrogens with one attached hydrogen (secondary N) is 2. The van der Waals surface area contributed by atoms with E-state index >= 15 is 0 Å². The Kier molecular flexibility index (Phi) is 6.05. The lowest BCUT2D eigenvalue weighted by Crippen LogP contribution is -2.45. The van der Waals surface area contributed by atoms with Gasteiger partial charge in [-0.05, 0) is 18.9 Å². The molecule has 1 aliphatic heterocycles. The van der Waals surface area contributed by atoms with Crippen molar-refractivity contribution in [3.63, 3.8) is 0 Å². The molecule has 1 unspecified atom stereocenters. The topological polar surface area (TPSA) is 67.4 Å². The van der Waals surface area contributed by atoms with Crippen LogP contribution in [0.3, 0.4) is 0 Å². The predicted molar refractivity (Wildman–Crippen MR) is 80.2 cm³/mol. The van der Waals surface area contributed by atoms with Crippen molar-refractivity contribution >= 4 is 11.8 Å². The van der Waals surface area contributed by atoms with Crippen molar-refractivity contribution in [3.8, 4) is 5.75 Å². The highest BCUT2D eigenvalue weighted by atomic mass is 19.4. The molecule has 1 heterocycles. The van der Waals surface area contributed by atoms with Crippen LogP contribution in [-0.2, 0) is 16.1 Å². The highest BCUT2D eigenvalue weighted by Crippen LogP contribution is 2.22. The Morgan fingerprint density at radius 3 is 2.79 bits per heavy atom. The molecule has 1 aromatic rings. The Morgan fingerprint density at radius 1 is 1.29 bits per heavy atom. The maximum Gasteiger partial charge on any atom is 0.422 e. The third-order valence-electron chi connectivity index (χ3n) is 3.62. The van der Waals surface area contributed by atoms with Gasteiger partial charge in [0.05, 0.1) is 0 Å². The number of alkyl halides is 3. The van der Waals surface area contributed by atoms with Gasteiger partial charge in [-0.15, -0.1) is 0 Å². The summed E-state index contributed by atoms with van der Waals surface area (Å²) in [7, 11) is 0. The van der Waals surface area contributed by atoms with Crippen molar-refractivity contribution in [3.05, 3.63) is 29.8 Å². The van der Waals surface area contributed by atoms with Crippen molar-refractivity contribution in [2.24, 2.45) is 0 Å². The highest BCUT2D eigenvalue weighted by Gasteiger charge is 2.29. The summed E-state index contributed by atoms with van der Waals surface area (Å²) in [5, 5.41) is 5.28. The lowest BCUT2D eigenvalue weighted by molar-refractivity contribution is -0.153. The predicted octanol–water partition coefficient (Wildman–Crippen LogP) is 2.30. The van der Waals surface area contributed by atoms with Gasteiger partial charge < -0.3 is 15.4 Å². The van der Waals surface area contributed by atoms with Crippen LogP contribution in [0, 0.1) is 0 Å². The van der Waals surface area contributed by atoms with E-state index in [9.17, 15) is 22.8 Å². The summed E-state index contributed by atoms with van der Waals surface area (Å²) in [5.74, 6) is -0.447. The minimum absolute atomic E-state index is 0.0270. The molecule has 2 rings (SSSR count). The van der Waals surface area contributed by atoms with Gasteiger partial charge in [-0.2, -0.15) is 13.2 Å². The number of hydrogen-bond donors (Lipinski definition) is 2. The molecule has 8 heteroatoms. The van der Waals surface area contributed by atoms with Crippen LogP contribution in [0.15, 0.2) is 24.3 Å². The first-order valence-electron chi connectivity index (χ1n) is 7.70. The van der Waals surface area contributed by atoms with Crippen LogP contribution in [0.25, 0.3) is 0 Å². The van der Waals surface area contributed by atoms with Crippen LogP contribution >= 0.6 is 0 Å². The maximum atomic E-state index is 12.3. The standard InChI is InChI=1S/C16H19F3N2O3/c17-16(18,19)10-24-13-7-3-1-5-11(13)9-20-15(23)12-6-2-4-8-14(22)21-12/h1,3,5,7,12H,2,4,6,8-10H2,(H,20,23)(H,21,22). The molecule has 1 atom stereocenters.